The molecule has 0 fully saturated rings. The Balaban J connectivity index is 1.85. The fraction of sp³-hybridized carbons (Fsp3) is 0.188. The Morgan fingerprint density at radius 2 is 2.14 bits per heavy atom. The van der Waals surface area contributed by atoms with Gasteiger partial charge in [-0.15, -0.1) is 11.8 Å². The van der Waals surface area contributed by atoms with Crippen LogP contribution in [0.2, 0.25) is 0 Å². The molecule has 0 saturated heterocycles. The maximum atomic E-state index is 11.2. The van der Waals surface area contributed by atoms with Crippen molar-refractivity contribution in [2.45, 2.75) is 17.1 Å². The number of carboxylic acids is 1. The van der Waals surface area contributed by atoms with Gasteiger partial charge in [0.05, 0.1) is 12.2 Å². The highest BCUT2D eigenvalue weighted by atomic mass is 79.9. The minimum atomic E-state index is -0.895. The molecule has 1 N–H and O–H groups in total. The molecule has 108 valence electrons. The number of thioether (sulfide) groups is 1. The van der Waals surface area contributed by atoms with Crippen LogP contribution in [0.25, 0.3) is 0 Å². The van der Waals surface area contributed by atoms with Crippen molar-refractivity contribution in [2.24, 2.45) is 0 Å². The van der Waals surface area contributed by atoms with E-state index in [-0.39, 0.29) is 0 Å². The van der Waals surface area contributed by atoms with Gasteiger partial charge in [0.1, 0.15) is 5.75 Å². The van der Waals surface area contributed by atoms with E-state index < -0.39 is 5.97 Å². The van der Waals surface area contributed by atoms with Crippen molar-refractivity contribution in [3.8, 4) is 5.75 Å². The largest absolute Gasteiger partial charge is 0.493 e. The molecule has 0 bridgehead atoms. The number of aromatic carboxylic acids is 1. The van der Waals surface area contributed by atoms with Gasteiger partial charge < -0.3 is 9.84 Å². The van der Waals surface area contributed by atoms with Crippen LogP contribution in [0.3, 0.4) is 0 Å². The standard InChI is InChI=1S/C16H13BrO3S/c17-12-7-10-5-6-20-15(10)11(8-12)9-21-14-4-2-1-3-13(14)16(18)19/h1-4,7-8H,5-6,9H2,(H,18,19). The van der Waals surface area contributed by atoms with Crippen molar-refractivity contribution in [3.05, 3.63) is 57.6 Å². The summed E-state index contributed by atoms with van der Waals surface area (Å²) in [7, 11) is 0. The van der Waals surface area contributed by atoms with Gasteiger partial charge in [0.15, 0.2) is 0 Å². The Hall–Kier alpha value is -1.46. The van der Waals surface area contributed by atoms with E-state index in [2.05, 4.69) is 22.0 Å². The fourth-order valence-corrected chi connectivity index (χ4v) is 3.94. The van der Waals surface area contributed by atoms with Gasteiger partial charge in [-0.2, -0.15) is 0 Å². The predicted octanol–water partition coefficient (Wildman–Crippen LogP) is 4.37. The Labute approximate surface area is 135 Å². The number of halogens is 1. The molecule has 21 heavy (non-hydrogen) atoms. The molecule has 0 radical (unpaired) electrons. The minimum Gasteiger partial charge on any atom is -0.493 e. The molecule has 0 unspecified atom stereocenters. The first-order chi connectivity index (χ1) is 10.1. The van der Waals surface area contributed by atoms with E-state index in [1.807, 2.05) is 18.2 Å². The zero-order valence-electron chi connectivity index (χ0n) is 11.1. The first kappa shape index (κ1) is 14.5. The van der Waals surface area contributed by atoms with Crippen molar-refractivity contribution in [1.82, 2.24) is 0 Å². The van der Waals surface area contributed by atoms with Crippen molar-refractivity contribution in [2.75, 3.05) is 6.61 Å². The summed E-state index contributed by atoms with van der Waals surface area (Å²) < 4.78 is 6.74. The molecule has 1 heterocycles. The first-order valence-electron chi connectivity index (χ1n) is 6.54. The highest BCUT2D eigenvalue weighted by Gasteiger charge is 2.18. The number of fused-ring (bicyclic) bond motifs is 1. The molecule has 1 aliphatic heterocycles. The smallest absolute Gasteiger partial charge is 0.336 e. The lowest BCUT2D eigenvalue weighted by Crippen LogP contribution is -1.98. The zero-order chi connectivity index (χ0) is 14.8. The number of hydrogen-bond acceptors (Lipinski definition) is 3. The Morgan fingerprint density at radius 1 is 1.33 bits per heavy atom. The summed E-state index contributed by atoms with van der Waals surface area (Å²) in [6.45, 7) is 0.717. The molecule has 3 rings (SSSR count). The molecule has 2 aromatic carbocycles. The zero-order valence-corrected chi connectivity index (χ0v) is 13.5. The summed E-state index contributed by atoms with van der Waals surface area (Å²) in [6.07, 6.45) is 0.929. The van der Waals surface area contributed by atoms with Crippen molar-refractivity contribution >= 4 is 33.7 Å². The van der Waals surface area contributed by atoms with E-state index in [0.29, 0.717) is 11.3 Å². The molecular formula is C16H13BrO3S. The Kier molecular flexibility index (Phi) is 4.22. The molecule has 0 aliphatic carbocycles. The fourth-order valence-electron chi connectivity index (χ4n) is 2.38. The summed E-state index contributed by atoms with van der Waals surface area (Å²) >= 11 is 5.04. The molecule has 1 aliphatic rings. The summed E-state index contributed by atoms with van der Waals surface area (Å²) in [5, 5.41) is 9.22. The summed E-state index contributed by atoms with van der Waals surface area (Å²) in [5.41, 5.74) is 2.66. The van der Waals surface area contributed by atoms with E-state index >= 15 is 0 Å². The van der Waals surface area contributed by atoms with Crippen LogP contribution in [0, 0.1) is 0 Å². The van der Waals surface area contributed by atoms with Crippen molar-refractivity contribution in [3.63, 3.8) is 0 Å². The van der Waals surface area contributed by atoms with Crippen LogP contribution < -0.4 is 4.74 Å². The lowest BCUT2D eigenvalue weighted by Gasteiger charge is -2.10. The highest BCUT2D eigenvalue weighted by Crippen LogP contribution is 2.37. The van der Waals surface area contributed by atoms with Crippen LogP contribution in [-0.2, 0) is 12.2 Å². The number of carbonyl (C=O) groups is 1. The molecule has 5 heteroatoms. The van der Waals surface area contributed by atoms with Gasteiger partial charge in [-0.05, 0) is 29.8 Å². The van der Waals surface area contributed by atoms with Gasteiger partial charge >= 0.3 is 5.97 Å². The van der Waals surface area contributed by atoms with E-state index in [1.165, 1.54) is 17.3 Å². The molecule has 0 spiro atoms. The van der Waals surface area contributed by atoms with Gasteiger partial charge in [0, 0.05) is 27.1 Å². The van der Waals surface area contributed by atoms with Gasteiger partial charge in [-0.3, -0.25) is 0 Å². The molecule has 2 aromatic rings. The SMILES string of the molecule is O=C(O)c1ccccc1SCc1cc(Br)cc2c1OCC2. The van der Waals surface area contributed by atoms with Gasteiger partial charge in [0.25, 0.3) is 0 Å². The molecule has 0 aromatic heterocycles. The highest BCUT2D eigenvalue weighted by molar-refractivity contribution is 9.10. The Morgan fingerprint density at radius 3 is 2.95 bits per heavy atom. The van der Waals surface area contributed by atoms with E-state index in [4.69, 9.17) is 4.74 Å². The van der Waals surface area contributed by atoms with Gasteiger partial charge in [0.2, 0.25) is 0 Å². The monoisotopic (exact) mass is 364 g/mol. The van der Waals surface area contributed by atoms with Crippen LogP contribution in [-0.4, -0.2) is 17.7 Å². The first-order valence-corrected chi connectivity index (χ1v) is 8.32. The summed E-state index contributed by atoms with van der Waals surface area (Å²) in [5.74, 6) is 0.749. The second-order valence-corrected chi connectivity index (χ2v) is 6.67. The average Bonchev–Trinajstić information content (AvgIpc) is 2.93. The third-order valence-corrected chi connectivity index (χ3v) is 4.91. The normalized spacial score (nSPS) is 12.8. The maximum absolute atomic E-state index is 11.2. The molecule has 0 saturated carbocycles. The lowest BCUT2D eigenvalue weighted by atomic mass is 10.1. The van der Waals surface area contributed by atoms with Crippen LogP contribution in [0.1, 0.15) is 21.5 Å². The Bertz CT molecular complexity index is 700. The lowest BCUT2D eigenvalue weighted by molar-refractivity contribution is 0.0693. The topological polar surface area (TPSA) is 46.5 Å². The number of ether oxygens (including phenoxy) is 1. The minimum absolute atomic E-state index is 0.343. The third kappa shape index (κ3) is 3.09. The number of hydrogen-bond donors (Lipinski definition) is 1. The summed E-state index contributed by atoms with van der Waals surface area (Å²) in [4.78, 5) is 12.0. The predicted molar refractivity (Wildman–Crippen MR) is 86.3 cm³/mol. The van der Waals surface area contributed by atoms with Crippen LogP contribution in [0.15, 0.2) is 45.8 Å². The van der Waals surface area contributed by atoms with E-state index in [0.717, 1.165) is 33.7 Å². The second-order valence-electron chi connectivity index (χ2n) is 4.74. The molecular weight excluding hydrogens is 352 g/mol. The average molecular weight is 365 g/mol. The van der Waals surface area contributed by atoms with Crippen LogP contribution >= 0.6 is 27.7 Å². The van der Waals surface area contributed by atoms with Gasteiger partial charge in [-0.25, -0.2) is 4.79 Å². The van der Waals surface area contributed by atoms with Crippen molar-refractivity contribution < 1.29 is 14.6 Å². The maximum Gasteiger partial charge on any atom is 0.336 e. The number of carboxylic acid groups (broad SMARTS) is 1. The van der Waals surface area contributed by atoms with E-state index in [1.54, 1.807) is 12.1 Å². The number of rotatable bonds is 4. The molecule has 0 atom stereocenters. The third-order valence-electron chi connectivity index (χ3n) is 3.33. The van der Waals surface area contributed by atoms with Crippen LogP contribution in [0.4, 0.5) is 0 Å². The number of benzene rings is 2. The van der Waals surface area contributed by atoms with Crippen LogP contribution in [0.5, 0.6) is 5.75 Å². The van der Waals surface area contributed by atoms with Crippen molar-refractivity contribution in [1.29, 1.82) is 0 Å². The molecule has 0 amide bonds. The quantitative estimate of drug-likeness (QED) is 0.818. The summed E-state index contributed by atoms with van der Waals surface area (Å²) in [6, 6.07) is 11.2. The second kappa shape index (κ2) is 6.12. The van der Waals surface area contributed by atoms with E-state index in [9.17, 15) is 9.90 Å². The molecule has 3 nitrogen and oxygen atoms in total. The van der Waals surface area contributed by atoms with Gasteiger partial charge in [-0.1, -0.05) is 28.1 Å².